The number of sulfonamides is 1. The van der Waals surface area contributed by atoms with E-state index in [4.69, 9.17) is 0 Å². The molecule has 88 valence electrons. The summed E-state index contributed by atoms with van der Waals surface area (Å²) in [4.78, 5) is 11.3. The number of ether oxygens (including phenoxy) is 1. The van der Waals surface area contributed by atoms with Crippen molar-refractivity contribution in [3.63, 3.8) is 0 Å². The maximum Gasteiger partial charge on any atom is 0.309 e. The van der Waals surface area contributed by atoms with E-state index in [1.165, 1.54) is 11.4 Å². The lowest BCUT2D eigenvalue weighted by molar-refractivity contribution is -0.146. The Hall–Kier alpha value is -0.620. The van der Waals surface area contributed by atoms with Gasteiger partial charge in [-0.25, -0.2) is 12.7 Å². The van der Waals surface area contributed by atoms with Gasteiger partial charge in [0.1, 0.15) is 0 Å². The molecule has 15 heavy (non-hydrogen) atoms. The first-order valence-electron chi connectivity index (χ1n) is 5.07. The van der Waals surface area contributed by atoms with E-state index < -0.39 is 10.0 Å². The van der Waals surface area contributed by atoms with Crippen LogP contribution in [0.15, 0.2) is 0 Å². The highest BCUT2D eigenvalue weighted by atomic mass is 32.2. The molecule has 1 unspecified atom stereocenters. The molecule has 1 aliphatic heterocycles. The number of methoxy groups -OCH3 is 1. The van der Waals surface area contributed by atoms with Gasteiger partial charge in [-0.1, -0.05) is 0 Å². The van der Waals surface area contributed by atoms with Crippen LogP contribution in [0.2, 0.25) is 0 Å². The Bertz CT molecular complexity index is 325. The Morgan fingerprint density at radius 2 is 2.20 bits per heavy atom. The van der Waals surface area contributed by atoms with Crippen LogP contribution in [0.1, 0.15) is 19.8 Å². The molecule has 0 aliphatic carbocycles. The van der Waals surface area contributed by atoms with Gasteiger partial charge in [-0.3, -0.25) is 4.79 Å². The van der Waals surface area contributed by atoms with E-state index in [2.05, 4.69) is 4.74 Å². The zero-order valence-electron chi connectivity index (χ0n) is 9.10. The van der Waals surface area contributed by atoms with Gasteiger partial charge in [0.05, 0.1) is 18.8 Å². The molecule has 0 aromatic rings. The molecule has 1 aliphatic rings. The Morgan fingerprint density at radius 3 is 2.73 bits per heavy atom. The maximum atomic E-state index is 11.6. The molecular weight excluding hydrogens is 218 g/mol. The molecule has 0 aromatic carbocycles. The third kappa shape index (κ3) is 2.92. The third-order valence-electron chi connectivity index (χ3n) is 2.68. The fraction of sp³-hybridized carbons (Fsp3) is 0.889. The molecule has 1 rings (SSSR count). The Morgan fingerprint density at radius 1 is 1.53 bits per heavy atom. The molecule has 5 nitrogen and oxygen atoms in total. The summed E-state index contributed by atoms with van der Waals surface area (Å²) in [7, 11) is -1.84. The lowest BCUT2D eigenvalue weighted by Gasteiger charge is -2.30. The minimum Gasteiger partial charge on any atom is -0.469 e. The fourth-order valence-corrected chi connectivity index (χ4v) is 2.92. The number of hydrogen-bond acceptors (Lipinski definition) is 4. The van der Waals surface area contributed by atoms with Crippen molar-refractivity contribution in [1.29, 1.82) is 0 Å². The first kappa shape index (κ1) is 12.4. The standard InChI is InChI=1S/C9H17NO4S/c1-3-15(12,13)10-6-4-5-8(7-10)9(11)14-2/h8H,3-7H2,1-2H3. The SMILES string of the molecule is CCS(=O)(=O)N1CCCC(C(=O)OC)C1. The Balaban J connectivity index is 2.68. The van der Waals surface area contributed by atoms with Crippen molar-refractivity contribution >= 4 is 16.0 Å². The molecule has 1 saturated heterocycles. The van der Waals surface area contributed by atoms with Gasteiger partial charge in [0.25, 0.3) is 0 Å². The summed E-state index contributed by atoms with van der Waals surface area (Å²) >= 11 is 0. The number of carbonyl (C=O) groups is 1. The van der Waals surface area contributed by atoms with E-state index in [9.17, 15) is 13.2 Å². The Labute approximate surface area is 90.4 Å². The molecular formula is C9H17NO4S. The summed E-state index contributed by atoms with van der Waals surface area (Å²) in [6, 6.07) is 0. The van der Waals surface area contributed by atoms with E-state index in [1.54, 1.807) is 6.92 Å². The predicted octanol–water partition coefficient (Wildman–Crippen LogP) is 0.221. The first-order chi connectivity index (χ1) is 7.01. The minimum atomic E-state index is -3.17. The molecule has 0 saturated carbocycles. The van der Waals surface area contributed by atoms with E-state index >= 15 is 0 Å². The zero-order chi connectivity index (χ0) is 11.5. The molecule has 1 heterocycles. The van der Waals surface area contributed by atoms with Gasteiger partial charge in [0, 0.05) is 13.1 Å². The largest absolute Gasteiger partial charge is 0.469 e. The monoisotopic (exact) mass is 235 g/mol. The number of piperidine rings is 1. The highest BCUT2D eigenvalue weighted by Gasteiger charge is 2.31. The highest BCUT2D eigenvalue weighted by Crippen LogP contribution is 2.20. The normalized spacial score (nSPS) is 23.7. The first-order valence-corrected chi connectivity index (χ1v) is 6.67. The Kier molecular flexibility index (Phi) is 4.10. The summed E-state index contributed by atoms with van der Waals surface area (Å²) in [6.45, 7) is 2.39. The van der Waals surface area contributed by atoms with E-state index in [-0.39, 0.29) is 24.2 Å². The predicted molar refractivity (Wildman–Crippen MR) is 55.8 cm³/mol. The van der Waals surface area contributed by atoms with Crippen LogP contribution in [0.4, 0.5) is 0 Å². The zero-order valence-corrected chi connectivity index (χ0v) is 9.92. The second-order valence-electron chi connectivity index (χ2n) is 3.62. The van der Waals surface area contributed by atoms with Crippen LogP contribution < -0.4 is 0 Å². The summed E-state index contributed by atoms with van der Waals surface area (Å²) in [5.74, 6) is -0.531. The van der Waals surface area contributed by atoms with E-state index in [0.717, 1.165) is 6.42 Å². The highest BCUT2D eigenvalue weighted by molar-refractivity contribution is 7.89. The van der Waals surface area contributed by atoms with Gasteiger partial charge in [0.15, 0.2) is 0 Å². The third-order valence-corrected chi connectivity index (χ3v) is 4.52. The van der Waals surface area contributed by atoms with Crippen LogP contribution in [0.3, 0.4) is 0 Å². The minimum absolute atomic E-state index is 0.0842. The number of esters is 1. The smallest absolute Gasteiger partial charge is 0.309 e. The molecule has 0 aromatic heterocycles. The van der Waals surface area contributed by atoms with Crippen LogP contribution in [0.5, 0.6) is 0 Å². The molecule has 0 amide bonds. The summed E-state index contributed by atoms with van der Waals surface area (Å²) in [5, 5.41) is 0. The molecule has 0 radical (unpaired) electrons. The quantitative estimate of drug-likeness (QED) is 0.656. The number of rotatable bonds is 3. The molecule has 1 fully saturated rings. The van der Waals surface area contributed by atoms with Crippen LogP contribution in [0.25, 0.3) is 0 Å². The summed E-state index contributed by atoms with van der Waals surface area (Å²) < 4.78 is 29.2. The molecule has 0 spiro atoms. The van der Waals surface area contributed by atoms with Gasteiger partial charge in [0.2, 0.25) is 10.0 Å². The summed E-state index contributed by atoms with van der Waals surface area (Å²) in [5.41, 5.74) is 0. The average molecular weight is 235 g/mol. The molecule has 0 N–H and O–H groups in total. The van der Waals surface area contributed by atoms with Crippen molar-refractivity contribution in [3.8, 4) is 0 Å². The number of hydrogen-bond donors (Lipinski definition) is 0. The molecule has 6 heteroatoms. The van der Waals surface area contributed by atoms with Gasteiger partial charge in [-0.2, -0.15) is 0 Å². The lowest BCUT2D eigenvalue weighted by atomic mass is 10.0. The van der Waals surface area contributed by atoms with Gasteiger partial charge >= 0.3 is 5.97 Å². The number of nitrogens with zero attached hydrogens (tertiary/aromatic N) is 1. The maximum absolute atomic E-state index is 11.6. The van der Waals surface area contributed by atoms with Crippen molar-refractivity contribution in [2.24, 2.45) is 5.92 Å². The second-order valence-corrected chi connectivity index (χ2v) is 5.88. The summed E-state index contributed by atoms with van der Waals surface area (Å²) in [6.07, 6.45) is 1.43. The van der Waals surface area contributed by atoms with E-state index in [1.807, 2.05) is 0 Å². The second kappa shape index (κ2) is 4.94. The average Bonchev–Trinajstić information content (AvgIpc) is 2.28. The van der Waals surface area contributed by atoms with Gasteiger partial charge in [-0.05, 0) is 19.8 Å². The van der Waals surface area contributed by atoms with Crippen molar-refractivity contribution < 1.29 is 17.9 Å². The van der Waals surface area contributed by atoms with Crippen molar-refractivity contribution in [3.05, 3.63) is 0 Å². The molecule has 1 atom stereocenters. The van der Waals surface area contributed by atoms with Crippen molar-refractivity contribution in [2.75, 3.05) is 26.0 Å². The van der Waals surface area contributed by atoms with Crippen LogP contribution in [-0.4, -0.2) is 44.6 Å². The fourth-order valence-electron chi connectivity index (χ4n) is 1.74. The molecule has 0 bridgehead atoms. The van der Waals surface area contributed by atoms with Gasteiger partial charge in [-0.15, -0.1) is 0 Å². The van der Waals surface area contributed by atoms with Crippen LogP contribution in [-0.2, 0) is 19.6 Å². The van der Waals surface area contributed by atoms with E-state index in [0.29, 0.717) is 13.0 Å². The van der Waals surface area contributed by atoms with Crippen LogP contribution in [0, 0.1) is 5.92 Å². The van der Waals surface area contributed by atoms with Crippen LogP contribution >= 0.6 is 0 Å². The number of carbonyl (C=O) groups excluding carboxylic acids is 1. The lowest BCUT2D eigenvalue weighted by Crippen LogP contribution is -2.43. The van der Waals surface area contributed by atoms with Gasteiger partial charge < -0.3 is 4.74 Å². The van der Waals surface area contributed by atoms with Crippen molar-refractivity contribution in [1.82, 2.24) is 4.31 Å². The topological polar surface area (TPSA) is 63.7 Å². The van der Waals surface area contributed by atoms with Crippen molar-refractivity contribution in [2.45, 2.75) is 19.8 Å².